The normalized spacial score (nSPS) is 18.6. The minimum absolute atomic E-state index is 0.0244. The average molecular weight is 444 g/mol. The summed E-state index contributed by atoms with van der Waals surface area (Å²) in [6.07, 6.45) is -2.90. The van der Waals surface area contributed by atoms with Gasteiger partial charge in [-0.1, -0.05) is 35.3 Å². The van der Waals surface area contributed by atoms with Crippen LogP contribution in [0.5, 0.6) is 0 Å². The van der Waals surface area contributed by atoms with E-state index in [0.29, 0.717) is 6.08 Å². The first-order valence-corrected chi connectivity index (χ1v) is 8.64. The number of fused-ring (bicyclic) bond motifs is 1. The second-order valence-corrected chi connectivity index (χ2v) is 6.91. The zero-order chi connectivity index (χ0) is 21.6. The molecule has 2 N–H and O–H groups in total. The van der Waals surface area contributed by atoms with Crippen molar-refractivity contribution in [3.05, 3.63) is 80.3 Å². The smallest absolute Gasteiger partial charge is 0.416 e. The van der Waals surface area contributed by atoms with E-state index in [1.165, 1.54) is 12.1 Å². The van der Waals surface area contributed by atoms with Gasteiger partial charge in [0.15, 0.2) is 0 Å². The van der Waals surface area contributed by atoms with E-state index in [-0.39, 0.29) is 31.8 Å². The van der Waals surface area contributed by atoms with Crippen molar-refractivity contribution in [3.8, 4) is 0 Å². The fourth-order valence-corrected chi connectivity index (χ4v) is 3.69. The molecule has 0 aromatic heterocycles. The molecule has 150 valence electrons. The van der Waals surface area contributed by atoms with Crippen LogP contribution in [0.25, 0.3) is 5.57 Å². The van der Waals surface area contributed by atoms with Crippen LogP contribution < -0.4 is 10.6 Å². The van der Waals surface area contributed by atoms with Gasteiger partial charge in [0.25, 0.3) is 0 Å². The van der Waals surface area contributed by atoms with E-state index < -0.39 is 29.2 Å². The Balaban J connectivity index is 2.38. The summed E-state index contributed by atoms with van der Waals surface area (Å²) in [7, 11) is 0. The molecule has 29 heavy (non-hydrogen) atoms. The third kappa shape index (κ3) is 3.61. The Morgan fingerprint density at radius 3 is 2.21 bits per heavy atom. The lowest BCUT2D eigenvalue weighted by atomic mass is 9.82. The molecule has 0 aliphatic carbocycles. The molecule has 2 aromatic carbocycles. The molecule has 1 aliphatic rings. The molecule has 1 heterocycles. The predicted molar refractivity (Wildman–Crippen MR) is 98.2 cm³/mol. The van der Waals surface area contributed by atoms with Crippen molar-refractivity contribution in [1.82, 2.24) is 0 Å². The Bertz CT molecular complexity index is 1170. The number of halogens is 5. The number of carboxylic acid groups (broad SMARTS) is 2. The van der Waals surface area contributed by atoms with Gasteiger partial charge in [-0.2, -0.15) is 13.2 Å². The van der Waals surface area contributed by atoms with Gasteiger partial charge in [0.2, 0.25) is 5.54 Å². The first-order chi connectivity index (χ1) is 13.5. The molecule has 0 radical (unpaired) electrons. The van der Waals surface area contributed by atoms with E-state index in [2.05, 4.69) is 4.99 Å². The van der Waals surface area contributed by atoms with Gasteiger partial charge in [-0.05, 0) is 35.9 Å². The molecule has 5 nitrogen and oxygen atoms in total. The van der Waals surface area contributed by atoms with Gasteiger partial charge in [0, 0.05) is 21.9 Å². The van der Waals surface area contributed by atoms with E-state index in [0.717, 1.165) is 30.3 Å². The van der Waals surface area contributed by atoms with Crippen molar-refractivity contribution in [2.24, 2.45) is 4.99 Å². The van der Waals surface area contributed by atoms with Gasteiger partial charge in [-0.25, -0.2) is 9.59 Å². The van der Waals surface area contributed by atoms with E-state index >= 15 is 0 Å². The number of carbonyl (C=O) groups is 2. The van der Waals surface area contributed by atoms with Crippen LogP contribution in [0.4, 0.5) is 13.2 Å². The largest absolute Gasteiger partial charge is 0.479 e. The molecule has 2 aromatic rings. The fraction of sp³-hybridized carbons (Fsp3) is 0.105. The van der Waals surface area contributed by atoms with Crippen molar-refractivity contribution in [3.63, 3.8) is 0 Å². The summed E-state index contributed by atoms with van der Waals surface area (Å²) >= 11 is 12.2. The zero-order valence-corrected chi connectivity index (χ0v) is 15.7. The van der Waals surface area contributed by atoms with Crippen molar-refractivity contribution in [2.45, 2.75) is 11.7 Å². The highest BCUT2D eigenvalue weighted by Crippen LogP contribution is 2.39. The Morgan fingerprint density at radius 2 is 1.69 bits per heavy atom. The molecule has 0 amide bonds. The van der Waals surface area contributed by atoms with Gasteiger partial charge < -0.3 is 10.2 Å². The Kier molecular flexibility index (Phi) is 5.19. The highest BCUT2D eigenvalue weighted by atomic mass is 35.5. The quantitative estimate of drug-likeness (QED) is 0.708. The highest BCUT2D eigenvalue weighted by Gasteiger charge is 2.47. The number of nitrogens with zero attached hydrogens (tertiary/aromatic N) is 1. The summed E-state index contributed by atoms with van der Waals surface area (Å²) in [4.78, 5) is 27.5. The van der Waals surface area contributed by atoms with E-state index in [9.17, 15) is 27.9 Å². The molecule has 0 spiro atoms. The molecule has 0 bridgehead atoms. The summed E-state index contributed by atoms with van der Waals surface area (Å²) in [5.41, 5.74) is -3.39. The molecule has 0 fully saturated rings. The summed E-state index contributed by atoms with van der Waals surface area (Å²) in [6, 6.07) is 6.09. The van der Waals surface area contributed by atoms with Crippen LogP contribution >= 0.6 is 23.2 Å². The predicted octanol–water partition coefficient (Wildman–Crippen LogP) is 3.42. The van der Waals surface area contributed by atoms with Crippen LogP contribution in [0.15, 0.2) is 53.5 Å². The van der Waals surface area contributed by atoms with Crippen molar-refractivity contribution in [2.75, 3.05) is 0 Å². The van der Waals surface area contributed by atoms with E-state index in [1.54, 1.807) is 0 Å². The molecule has 1 unspecified atom stereocenters. The van der Waals surface area contributed by atoms with Gasteiger partial charge in [-0.15, -0.1) is 0 Å². The molecule has 1 atom stereocenters. The Morgan fingerprint density at radius 1 is 1.07 bits per heavy atom. The number of benzene rings is 2. The van der Waals surface area contributed by atoms with Crippen LogP contribution in [-0.4, -0.2) is 22.2 Å². The lowest BCUT2D eigenvalue weighted by molar-refractivity contribution is -0.141. The first kappa shape index (κ1) is 20.9. The lowest BCUT2D eigenvalue weighted by Crippen LogP contribution is -2.35. The van der Waals surface area contributed by atoms with E-state index in [4.69, 9.17) is 28.3 Å². The van der Waals surface area contributed by atoms with Gasteiger partial charge in [0.1, 0.15) is 0 Å². The molecule has 3 rings (SSSR count). The van der Waals surface area contributed by atoms with Crippen LogP contribution in [0.2, 0.25) is 10.0 Å². The third-order valence-corrected chi connectivity index (χ3v) is 4.83. The maximum absolute atomic E-state index is 12.9. The summed E-state index contributed by atoms with van der Waals surface area (Å²) < 4.78 is 38.7. The number of rotatable bonds is 4. The molecule has 0 saturated heterocycles. The maximum atomic E-state index is 12.9. The molecule has 1 aliphatic heterocycles. The molecular weight excluding hydrogens is 434 g/mol. The minimum Gasteiger partial charge on any atom is -0.479 e. The number of hydrogen-bond acceptors (Lipinski definition) is 3. The highest BCUT2D eigenvalue weighted by molar-refractivity contribution is 6.34. The number of carboxylic acids is 2. The maximum Gasteiger partial charge on any atom is 0.416 e. The van der Waals surface area contributed by atoms with Crippen LogP contribution in [0.3, 0.4) is 0 Å². The minimum atomic E-state index is -4.61. The van der Waals surface area contributed by atoms with Crippen molar-refractivity contribution < 1.29 is 33.0 Å². The second-order valence-electron chi connectivity index (χ2n) is 6.07. The monoisotopic (exact) mass is 443 g/mol. The standard InChI is InChI=1S/C19H10Cl2F3NO4/c20-11-7-13(21)16-12(5-6-15(26)27)18(17(28)29,25-14(16)8-11)9-1-3-10(4-2-9)19(22,23)24/h1-8H,(H,26,27)(H,28,29). The topological polar surface area (TPSA) is 87.0 Å². The van der Waals surface area contributed by atoms with Crippen molar-refractivity contribution >= 4 is 40.7 Å². The van der Waals surface area contributed by atoms with Gasteiger partial charge >= 0.3 is 18.1 Å². The number of aliphatic carboxylic acids is 2. The molecule has 0 saturated carbocycles. The number of alkyl halides is 3. The summed E-state index contributed by atoms with van der Waals surface area (Å²) in [5.74, 6) is -2.88. The Labute approximate surface area is 171 Å². The average Bonchev–Trinajstić information content (AvgIpc) is 2.94. The summed E-state index contributed by atoms with van der Waals surface area (Å²) in [5, 5.41) is 19.4. The summed E-state index contributed by atoms with van der Waals surface area (Å²) in [6.45, 7) is 0. The van der Waals surface area contributed by atoms with Crippen LogP contribution in [-0.2, 0) is 21.3 Å². The second kappa shape index (κ2) is 7.20. The zero-order valence-electron chi connectivity index (χ0n) is 14.2. The van der Waals surface area contributed by atoms with Crippen molar-refractivity contribution in [1.29, 1.82) is 0 Å². The number of hydrogen-bond donors (Lipinski definition) is 2. The van der Waals surface area contributed by atoms with Gasteiger partial charge in [-0.3, -0.25) is 4.99 Å². The molecular formula is C19H10Cl2F3NO4. The first-order valence-electron chi connectivity index (χ1n) is 7.88. The van der Waals surface area contributed by atoms with Crippen LogP contribution in [0.1, 0.15) is 11.1 Å². The fourth-order valence-electron chi connectivity index (χ4n) is 3.10. The molecule has 10 heteroatoms. The van der Waals surface area contributed by atoms with E-state index in [1.807, 2.05) is 0 Å². The third-order valence-electron chi connectivity index (χ3n) is 4.31. The Hall–Kier alpha value is -2.84. The van der Waals surface area contributed by atoms with Crippen LogP contribution in [0, 0.1) is 0 Å². The lowest BCUT2D eigenvalue weighted by Gasteiger charge is -2.25. The SMILES string of the molecule is O=C(O)C=CC1=c2c(Cl)cc(Cl)cc2=NC1(C(=O)O)c1ccc(C(F)(F)F)cc1. The van der Waals surface area contributed by atoms with Gasteiger partial charge in [0.05, 0.1) is 15.9 Å².